The lowest BCUT2D eigenvalue weighted by atomic mass is 10.0. The first-order chi connectivity index (χ1) is 52.3. The van der Waals surface area contributed by atoms with Gasteiger partial charge in [-0.25, -0.2) is 4.98 Å². The van der Waals surface area contributed by atoms with Crippen LogP contribution in [-0.2, 0) is 47.0 Å². The third kappa shape index (κ3) is 34.4. The largest absolute Gasteiger partial charge is 0.480 e. The molecule has 1 aliphatic heterocycles. The lowest BCUT2D eigenvalue weighted by Crippen LogP contribution is -2.36. The molecular weight excluding hydrogens is 1460 g/mol. The summed E-state index contributed by atoms with van der Waals surface area (Å²) in [6.45, 7) is 29.7. The van der Waals surface area contributed by atoms with Crippen LogP contribution in [0.25, 0.3) is 0 Å². The van der Waals surface area contributed by atoms with Crippen LogP contribution >= 0.6 is 0 Å². The highest BCUT2D eigenvalue weighted by Gasteiger charge is 2.18. The summed E-state index contributed by atoms with van der Waals surface area (Å²) < 4.78 is 5.90. The molecule has 3 atom stereocenters. The molecule has 0 bridgehead atoms. The summed E-state index contributed by atoms with van der Waals surface area (Å²) in [6.07, 6.45) is 14.6. The SMILES string of the molecule is C.C.C.C.C.CC[C@H](C)c1cccnc1.CC[C@H](NC(=O)Cn1c(C)ccc(C)c1=O)c1cccnc1.CC[C@H](NC(=O)Cn1c(C)ccc(N)c1=O)c1cccnc1.CCn1c(C)ccc(C)c1=O.Cc1ccc(C(O)O)c(=O)[nH]1.Cc1ccc(C)c(=O)[nH]1.Cc1ccc(C)n(CC(=O)O)c1=O.O=Cc1ccc2c(n1)NCCC2. The second-order valence-corrected chi connectivity index (χ2v) is 26.1. The van der Waals surface area contributed by atoms with Crippen LogP contribution in [0.3, 0.4) is 0 Å². The number of aliphatic hydroxyl groups is 2. The molecule has 27 heteroatoms. The van der Waals surface area contributed by atoms with Crippen LogP contribution in [0.2, 0.25) is 0 Å². The zero-order chi connectivity index (χ0) is 81.7. The van der Waals surface area contributed by atoms with E-state index in [-0.39, 0.29) is 120 Å². The van der Waals surface area contributed by atoms with Crippen molar-refractivity contribution in [1.82, 2.24) is 58.8 Å². The van der Waals surface area contributed by atoms with E-state index < -0.39 is 17.8 Å². The summed E-state index contributed by atoms with van der Waals surface area (Å²) in [5, 5.41) is 34.9. The van der Waals surface area contributed by atoms with Crippen molar-refractivity contribution < 1.29 is 34.5 Å². The normalized spacial score (nSPS) is 11.1. The summed E-state index contributed by atoms with van der Waals surface area (Å²) in [6, 6.07) is 36.0. The predicted octanol–water partition coefficient (Wildman–Crippen LogP) is 13.2. The van der Waals surface area contributed by atoms with Crippen LogP contribution in [-0.4, -0.2) is 94.1 Å². The molecule has 115 heavy (non-hydrogen) atoms. The number of amides is 2. The molecule has 0 fully saturated rings. The number of carboxylic acids is 1. The number of H-pyrrole nitrogens is 2. The number of nitrogens with one attached hydrogen (secondary N) is 5. The minimum absolute atomic E-state index is 0. The van der Waals surface area contributed by atoms with E-state index in [2.05, 4.69) is 65.8 Å². The number of pyridine rings is 10. The summed E-state index contributed by atoms with van der Waals surface area (Å²) in [5.74, 6) is 0.119. The number of carbonyl (C=O) groups excluding carboxylic acids is 3. The number of aromatic nitrogens is 10. The fourth-order valence-corrected chi connectivity index (χ4v) is 10.7. The molecule has 0 aromatic carbocycles. The van der Waals surface area contributed by atoms with Gasteiger partial charge in [-0.2, -0.15) is 0 Å². The zero-order valence-corrected chi connectivity index (χ0v) is 65.5. The third-order valence-electron chi connectivity index (χ3n) is 17.6. The van der Waals surface area contributed by atoms with Gasteiger partial charge in [-0.05, 0) is 209 Å². The van der Waals surface area contributed by atoms with Crippen molar-refractivity contribution in [3.8, 4) is 0 Å². The fraction of sp³-hybridized carbons (Fsp3) is 0.386. The maximum atomic E-state index is 12.3. The lowest BCUT2D eigenvalue weighted by molar-refractivity contribution is -0.137. The maximum absolute atomic E-state index is 12.3. The lowest BCUT2D eigenvalue weighted by Gasteiger charge is -2.18. The Morgan fingerprint density at radius 2 is 0.913 bits per heavy atom. The monoisotopic (exact) mass is 1590 g/mol. The quantitative estimate of drug-likeness (QED) is 0.0302. The van der Waals surface area contributed by atoms with E-state index in [1.807, 2.05) is 128 Å². The number of aromatic amines is 2. The molecule has 10 aromatic rings. The number of nitrogen functional groups attached to an aromatic ring is 1. The van der Waals surface area contributed by atoms with Gasteiger partial charge in [0.05, 0.1) is 23.3 Å². The number of hydrogen-bond donors (Lipinski definition) is 9. The Balaban J connectivity index is 0. The number of nitrogens with zero attached hydrogens (tertiary/aromatic N) is 8. The predicted molar refractivity (Wildman–Crippen MR) is 463 cm³/mol. The minimum Gasteiger partial charge on any atom is -0.480 e. The van der Waals surface area contributed by atoms with E-state index in [0.29, 0.717) is 39.8 Å². The third-order valence-corrected chi connectivity index (χ3v) is 17.6. The van der Waals surface area contributed by atoms with Gasteiger partial charge >= 0.3 is 5.97 Å². The number of hydrogen-bond acceptors (Lipinski definition) is 18. The minimum atomic E-state index is -1.70. The molecular formula is C88H126N14O13. The van der Waals surface area contributed by atoms with E-state index in [4.69, 9.17) is 21.1 Å². The average molecular weight is 1590 g/mol. The highest BCUT2D eigenvalue weighted by Crippen LogP contribution is 2.20. The van der Waals surface area contributed by atoms with Crippen LogP contribution in [0.15, 0.2) is 187 Å². The van der Waals surface area contributed by atoms with Crippen LogP contribution in [0, 0.1) is 69.2 Å². The number of aliphatic carboxylic acids is 1. The smallest absolute Gasteiger partial charge is 0.323 e. The summed E-state index contributed by atoms with van der Waals surface area (Å²) in [7, 11) is 0. The van der Waals surface area contributed by atoms with Crippen LogP contribution in [0.1, 0.15) is 216 Å². The molecule has 626 valence electrons. The Kier molecular flexibility index (Phi) is 49.1. The van der Waals surface area contributed by atoms with Crippen LogP contribution in [0.4, 0.5) is 11.5 Å². The molecule has 0 unspecified atom stereocenters. The van der Waals surface area contributed by atoms with Crippen molar-refractivity contribution in [3.05, 3.63) is 311 Å². The van der Waals surface area contributed by atoms with Crippen LogP contribution in [0.5, 0.6) is 0 Å². The Morgan fingerprint density at radius 1 is 0.504 bits per heavy atom. The first-order valence-corrected chi connectivity index (χ1v) is 36.2. The van der Waals surface area contributed by atoms with Gasteiger partial charge in [-0.15, -0.1) is 0 Å². The molecule has 0 saturated carbocycles. The average Bonchev–Trinajstić information content (AvgIpc) is 0.842. The van der Waals surface area contributed by atoms with Gasteiger partial charge in [0, 0.05) is 107 Å². The van der Waals surface area contributed by atoms with Crippen molar-refractivity contribution in [2.45, 2.75) is 224 Å². The van der Waals surface area contributed by atoms with E-state index in [0.717, 1.165) is 90.2 Å². The number of aldehydes is 1. The Morgan fingerprint density at radius 3 is 1.30 bits per heavy atom. The first kappa shape index (κ1) is 105. The Hall–Kier alpha value is -12.1. The van der Waals surface area contributed by atoms with Gasteiger partial charge < -0.3 is 65.2 Å². The number of anilines is 2. The van der Waals surface area contributed by atoms with Gasteiger partial charge in [-0.3, -0.25) is 62.9 Å². The van der Waals surface area contributed by atoms with Crippen molar-refractivity contribution >= 4 is 35.6 Å². The molecule has 2 amide bonds. The second-order valence-electron chi connectivity index (χ2n) is 26.1. The molecule has 0 saturated heterocycles. The molecule has 10 N–H and O–H groups in total. The topological polar surface area (TPSA) is 396 Å². The van der Waals surface area contributed by atoms with E-state index >= 15 is 0 Å². The van der Waals surface area contributed by atoms with E-state index in [9.17, 15) is 47.9 Å². The molecule has 1 aliphatic rings. The zero-order valence-electron chi connectivity index (χ0n) is 65.5. The summed E-state index contributed by atoms with van der Waals surface area (Å²) >= 11 is 0. The number of nitrogens with two attached hydrogens (primary N) is 1. The highest BCUT2D eigenvalue weighted by molar-refractivity contribution is 5.77. The fourth-order valence-electron chi connectivity index (χ4n) is 10.7. The van der Waals surface area contributed by atoms with E-state index in [1.54, 1.807) is 113 Å². The Labute approximate surface area is 677 Å². The number of carbonyl (C=O) groups is 4. The molecule has 0 radical (unpaired) electrons. The van der Waals surface area contributed by atoms with Gasteiger partial charge in [0.15, 0.2) is 12.6 Å². The summed E-state index contributed by atoms with van der Waals surface area (Å²) in [5.41, 5.74) is 17.2. The number of rotatable bonds is 17. The maximum Gasteiger partial charge on any atom is 0.323 e. The van der Waals surface area contributed by atoms with E-state index in [1.165, 1.54) is 37.3 Å². The van der Waals surface area contributed by atoms with Crippen molar-refractivity contribution in [3.63, 3.8) is 0 Å². The van der Waals surface area contributed by atoms with Crippen molar-refractivity contribution in [2.75, 3.05) is 17.6 Å². The highest BCUT2D eigenvalue weighted by atomic mass is 16.5. The van der Waals surface area contributed by atoms with Crippen molar-refractivity contribution in [1.29, 1.82) is 0 Å². The van der Waals surface area contributed by atoms with Crippen molar-refractivity contribution in [2.24, 2.45) is 0 Å². The molecule has 0 aliphatic carbocycles. The molecule has 11 rings (SSSR count). The number of carboxylic acid groups (broad SMARTS) is 1. The molecule has 11 heterocycles. The van der Waals surface area contributed by atoms with Gasteiger partial charge in [0.1, 0.15) is 31.1 Å². The molecule has 27 nitrogen and oxygen atoms in total. The summed E-state index contributed by atoms with van der Waals surface area (Å²) in [4.78, 5) is 135. The standard InChI is InChI=1S/C17H21N3O2.C16H20N4O2.C9H10N2O.C9H11NO3.C9H13NO.C9H13N.C7H9NO3.C7H9NO.5CH4/c1-4-15(14-6-5-9-18-10-14)19-16(21)11-20-13(3)8-7-12(2)17(20)22;1-3-14(12-5-4-8-18-9-12)19-15(21)10-20-11(2)6-7-13(17)16(20)22;12-6-8-4-3-7-2-1-5-10-9(7)11-8;1-6-3-4-7(2)10(9(6)13)5-8(11)12;1-4-10-8(3)6-5-7(2)9(10)11;1-3-8(2)9-5-4-6-10-7-9;1-4-2-3-5(7(10)11)6(9)8-4;1-5-3-4-6(2)8-7(5)9;;;;;/h5-10,15H,4,11H2,1-3H3,(H,19,21);4-9,14H,3,10,17H2,1-2H3,(H,19,21);3-4,6H,1-2,5H2,(H,10,11);3-4H,5H2,1-2H3,(H,11,12);5-6H,4H2,1-3H3;4-8H,3H2,1-2H3;2-3,7,10-11H,1H3,(H,8,9);3-4H,1-2H3,(H,8,9);5*1H4/t15-;14-;;;;8-;;;;;;;/m00...0......./s1. The molecule has 0 spiro atoms. The Bertz CT molecular complexity index is 4870. The number of fused-ring (bicyclic) bond motifs is 1. The first-order valence-electron chi connectivity index (χ1n) is 36.2. The van der Waals surface area contributed by atoms with Crippen LogP contribution < -0.4 is 55.0 Å². The number of aryl methyl sites for hydroxylation is 11. The number of aliphatic hydroxyl groups excluding tert-OH is 1. The second kappa shape index (κ2) is 53.8. The van der Waals surface area contributed by atoms with Gasteiger partial charge in [0.25, 0.3) is 33.4 Å². The molecule has 10 aromatic heterocycles. The van der Waals surface area contributed by atoms with Gasteiger partial charge in [-0.1, -0.05) is 113 Å². The van der Waals surface area contributed by atoms with Gasteiger partial charge in [0.2, 0.25) is 11.8 Å².